The van der Waals surface area contributed by atoms with Crippen molar-refractivity contribution in [2.75, 3.05) is 0 Å². The summed E-state index contributed by atoms with van der Waals surface area (Å²) in [6.07, 6.45) is 2.55. The first-order valence-corrected chi connectivity index (χ1v) is 5.59. The SMILES string of the molecule is CC(=O)c1ccc(OCc2cncc(F)c2)cc1F. The molecule has 0 aliphatic heterocycles. The maximum Gasteiger partial charge on any atom is 0.162 e. The molecular weight excluding hydrogens is 252 g/mol. The molecule has 0 radical (unpaired) electrons. The smallest absolute Gasteiger partial charge is 0.162 e. The maximum atomic E-state index is 13.5. The molecule has 0 aliphatic carbocycles. The first kappa shape index (κ1) is 13.1. The molecule has 0 spiro atoms. The molecule has 0 amide bonds. The van der Waals surface area contributed by atoms with Crippen LogP contribution in [0.3, 0.4) is 0 Å². The highest BCUT2D eigenvalue weighted by Crippen LogP contribution is 2.18. The molecule has 2 aromatic rings. The van der Waals surface area contributed by atoms with Gasteiger partial charge in [0, 0.05) is 17.8 Å². The van der Waals surface area contributed by atoms with Crippen molar-refractivity contribution in [1.82, 2.24) is 4.98 Å². The molecule has 0 saturated carbocycles. The zero-order valence-corrected chi connectivity index (χ0v) is 10.2. The fourth-order valence-corrected chi connectivity index (χ4v) is 1.57. The summed E-state index contributed by atoms with van der Waals surface area (Å²) in [5.74, 6) is -1.17. The summed E-state index contributed by atoms with van der Waals surface area (Å²) < 4.78 is 31.7. The number of Topliss-reactive ketones (excluding diaryl/α,β-unsaturated/α-hetero) is 1. The summed E-state index contributed by atoms with van der Waals surface area (Å²) in [5, 5.41) is 0. The average Bonchev–Trinajstić information content (AvgIpc) is 2.36. The fraction of sp³-hybridized carbons (Fsp3) is 0.143. The zero-order valence-electron chi connectivity index (χ0n) is 10.2. The lowest BCUT2D eigenvalue weighted by molar-refractivity contribution is 0.101. The van der Waals surface area contributed by atoms with Crippen molar-refractivity contribution in [1.29, 1.82) is 0 Å². The van der Waals surface area contributed by atoms with Crippen molar-refractivity contribution in [3.63, 3.8) is 0 Å². The van der Waals surface area contributed by atoms with Crippen molar-refractivity contribution in [2.24, 2.45) is 0 Å². The molecule has 0 aliphatic rings. The second-order valence-corrected chi connectivity index (χ2v) is 4.00. The van der Waals surface area contributed by atoms with Crippen LogP contribution in [-0.4, -0.2) is 10.8 Å². The molecular formula is C14H11F2NO2. The van der Waals surface area contributed by atoms with E-state index in [0.29, 0.717) is 5.56 Å². The van der Waals surface area contributed by atoms with Crippen LogP contribution in [0.15, 0.2) is 36.7 Å². The van der Waals surface area contributed by atoms with Gasteiger partial charge in [-0.1, -0.05) is 0 Å². The van der Waals surface area contributed by atoms with Gasteiger partial charge in [-0.2, -0.15) is 0 Å². The summed E-state index contributed by atoms with van der Waals surface area (Å²) in [6, 6.07) is 5.26. The minimum atomic E-state index is -0.637. The van der Waals surface area contributed by atoms with Crippen LogP contribution in [0, 0.1) is 11.6 Å². The van der Waals surface area contributed by atoms with Crippen molar-refractivity contribution >= 4 is 5.78 Å². The average molecular weight is 263 g/mol. The zero-order chi connectivity index (χ0) is 13.8. The molecule has 19 heavy (non-hydrogen) atoms. The van der Waals surface area contributed by atoms with E-state index in [9.17, 15) is 13.6 Å². The summed E-state index contributed by atoms with van der Waals surface area (Å²) in [6.45, 7) is 1.36. The normalized spacial score (nSPS) is 10.3. The third kappa shape index (κ3) is 3.34. The number of hydrogen-bond donors (Lipinski definition) is 0. The van der Waals surface area contributed by atoms with Gasteiger partial charge in [0.05, 0.1) is 11.8 Å². The van der Waals surface area contributed by atoms with Crippen LogP contribution in [0.5, 0.6) is 5.75 Å². The summed E-state index contributed by atoms with van der Waals surface area (Å²) >= 11 is 0. The van der Waals surface area contributed by atoms with Crippen LogP contribution in [-0.2, 0) is 6.61 Å². The third-order valence-corrected chi connectivity index (χ3v) is 2.49. The minimum Gasteiger partial charge on any atom is -0.489 e. The number of pyridine rings is 1. The molecule has 0 unspecified atom stereocenters. The quantitative estimate of drug-likeness (QED) is 0.795. The van der Waals surface area contributed by atoms with Crippen LogP contribution in [0.25, 0.3) is 0 Å². The Bertz CT molecular complexity index is 614. The van der Waals surface area contributed by atoms with E-state index in [1.807, 2.05) is 0 Å². The van der Waals surface area contributed by atoms with Crippen LogP contribution in [0.2, 0.25) is 0 Å². The highest BCUT2D eigenvalue weighted by Gasteiger charge is 2.08. The Morgan fingerprint density at radius 2 is 2.05 bits per heavy atom. The molecule has 0 atom stereocenters. The Balaban J connectivity index is 2.08. The van der Waals surface area contributed by atoms with Gasteiger partial charge in [-0.15, -0.1) is 0 Å². The number of aromatic nitrogens is 1. The van der Waals surface area contributed by atoms with Crippen molar-refractivity contribution in [3.05, 3.63) is 59.4 Å². The molecule has 1 aromatic heterocycles. The number of rotatable bonds is 4. The predicted octanol–water partition coefficient (Wildman–Crippen LogP) is 3.14. The first-order valence-electron chi connectivity index (χ1n) is 5.59. The largest absolute Gasteiger partial charge is 0.489 e. The summed E-state index contributed by atoms with van der Waals surface area (Å²) in [5.41, 5.74) is 0.552. The van der Waals surface area contributed by atoms with E-state index in [1.165, 1.54) is 31.3 Å². The number of nitrogens with zero attached hydrogens (tertiary/aromatic N) is 1. The standard InChI is InChI=1S/C14H11F2NO2/c1-9(18)13-3-2-12(5-14(13)16)19-8-10-4-11(15)7-17-6-10/h2-7H,8H2,1H3. The van der Waals surface area contributed by atoms with Crippen LogP contribution >= 0.6 is 0 Å². The molecule has 0 saturated heterocycles. The monoisotopic (exact) mass is 263 g/mol. The lowest BCUT2D eigenvalue weighted by Crippen LogP contribution is -2.00. The van der Waals surface area contributed by atoms with Crippen molar-refractivity contribution in [2.45, 2.75) is 13.5 Å². The highest BCUT2D eigenvalue weighted by molar-refractivity contribution is 5.94. The van der Waals surface area contributed by atoms with Gasteiger partial charge in [0.15, 0.2) is 5.78 Å². The predicted molar refractivity (Wildman–Crippen MR) is 64.9 cm³/mol. The second-order valence-electron chi connectivity index (χ2n) is 4.00. The van der Waals surface area contributed by atoms with E-state index < -0.39 is 11.6 Å². The van der Waals surface area contributed by atoms with Gasteiger partial charge in [0.25, 0.3) is 0 Å². The lowest BCUT2D eigenvalue weighted by Gasteiger charge is -2.07. The number of ether oxygens (including phenoxy) is 1. The van der Waals surface area contributed by atoms with Gasteiger partial charge in [-0.05, 0) is 25.1 Å². The molecule has 2 rings (SSSR count). The van der Waals surface area contributed by atoms with E-state index in [1.54, 1.807) is 0 Å². The number of carbonyl (C=O) groups is 1. The number of benzene rings is 1. The molecule has 98 valence electrons. The Morgan fingerprint density at radius 3 is 2.68 bits per heavy atom. The maximum absolute atomic E-state index is 13.5. The molecule has 3 nitrogen and oxygen atoms in total. The van der Waals surface area contributed by atoms with Gasteiger partial charge in [-0.3, -0.25) is 9.78 Å². The van der Waals surface area contributed by atoms with E-state index >= 15 is 0 Å². The third-order valence-electron chi connectivity index (χ3n) is 2.49. The van der Waals surface area contributed by atoms with Crippen LogP contribution in [0.1, 0.15) is 22.8 Å². The molecule has 0 fully saturated rings. The molecule has 5 heteroatoms. The second kappa shape index (κ2) is 5.56. The van der Waals surface area contributed by atoms with Crippen LogP contribution in [0.4, 0.5) is 8.78 Å². The van der Waals surface area contributed by atoms with E-state index in [4.69, 9.17) is 4.74 Å². The Kier molecular flexibility index (Phi) is 3.85. The number of hydrogen-bond acceptors (Lipinski definition) is 3. The van der Waals surface area contributed by atoms with E-state index in [0.717, 1.165) is 12.3 Å². The van der Waals surface area contributed by atoms with Gasteiger partial charge < -0.3 is 4.74 Å². The van der Waals surface area contributed by atoms with Gasteiger partial charge >= 0.3 is 0 Å². The topological polar surface area (TPSA) is 39.2 Å². The Morgan fingerprint density at radius 1 is 1.26 bits per heavy atom. The number of carbonyl (C=O) groups excluding carboxylic acids is 1. The highest BCUT2D eigenvalue weighted by atomic mass is 19.1. The van der Waals surface area contributed by atoms with E-state index in [2.05, 4.69) is 4.98 Å². The summed E-state index contributed by atoms with van der Waals surface area (Å²) in [7, 11) is 0. The molecule has 0 bridgehead atoms. The molecule has 1 aromatic carbocycles. The van der Waals surface area contributed by atoms with Crippen LogP contribution < -0.4 is 4.74 Å². The molecule has 1 heterocycles. The number of halogens is 2. The van der Waals surface area contributed by atoms with Crippen molar-refractivity contribution in [3.8, 4) is 5.75 Å². The molecule has 0 N–H and O–H groups in total. The summed E-state index contributed by atoms with van der Waals surface area (Å²) in [4.78, 5) is 14.7. The Labute approximate surface area is 108 Å². The first-order chi connectivity index (χ1) is 9.06. The lowest BCUT2D eigenvalue weighted by atomic mass is 10.1. The van der Waals surface area contributed by atoms with Crippen molar-refractivity contribution < 1.29 is 18.3 Å². The van der Waals surface area contributed by atoms with Gasteiger partial charge in [0.2, 0.25) is 0 Å². The van der Waals surface area contributed by atoms with Gasteiger partial charge in [0.1, 0.15) is 24.0 Å². The fourth-order valence-electron chi connectivity index (χ4n) is 1.57. The minimum absolute atomic E-state index is 0.0137. The van der Waals surface area contributed by atoms with Gasteiger partial charge in [-0.25, -0.2) is 8.78 Å². The Hall–Kier alpha value is -2.30. The number of ketones is 1. The van der Waals surface area contributed by atoms with E-state index in [-0.39, 0.29) is 23.7 Å².